The van der Waals surface area contributed by atoms with E-state index in [1.807, 2.05) is 7.05 Å². The molecule has 0 aromatic carbocycles. The molecule has 17 heavy (non-hydrogen) atoms. The van der Waals surface area contributed by atoms with Gasteiger partial charge >= 0.3 is 6.01 Å². The first-order valence-electron chi connectivity index (χ1n) is 5.86. The molecule has 0 bridgehead atoms. The number of nitrogens with one attached hydrogen (secondary N) is 1. The Bertz CT molecular complexity index is 331. The van der Waals surface area contributed by atoms with Gasteiger partial charge in [0.25, 0.3) is 0 Å². The summed E-state index contributed by atoms with van der Waals surface area (Å²) in [5.74, 6) is 1.15. The Kier molecular flexibility index (Phi) is 4.93. The maximum atomic E-state index is 5.07. The molecule has 0 saturated carbocycles. The first-order chi connectivity index (χ1) is 8.15. The van der Waals surface area contributed by atoms with Gasteiger partial charge in [-0.1, -0.05) is 13.8 Å². The van der Waals surface area contributed by atoms with Crippen molar-refractivity contribution in [1.82, 2.24) is 15.0 Å². The maximum Gasteiger partial charge on any atom is 0.322 e. The van der Waals surface area contributed by atoms with Gasteiger partial charge in [0.05, 0.1) is 7.11 Å². The third-order valence-electron chi connectivity index (χ3n) is 2.81. The SMILES string of the molecule is CCC(CC)N(C)c1nc(NC)nc(OC)n1. The zero-order chi connectivity index (χ0) is 12.8. The third-order valence-corrected chi connectivity index (χ3v) is 2.81. The van der Waals surface area contributed by atoms with Crippen LogP contribution in [0.1, 0.15) is 26.7 Å². The molecule has 1 rings (SSSR count). The van der Waals surface area contributed by atoms with Gasteiger partial charge in [-0.25, -0.2) is 0 Å². The van der Waals surface area contributed by atoms with E-state index in [1.165, 1.54) is 0 Å². The number of hydrogen-bond acceptors (Lipinski definition) is 6. The zero-order valence-corrected chi connectivity index (χ0v) is 11.2. The second-order valence-corrected chi connectivity index (χ2v) is 3.78. The number of ether oxygens (including phenoxy) is 1. The summed E-state index contributed by atoms with van der Waals surface area (Å²) in [6.45, 7) is 4.31. The Balaban J connectivity index is 3.02. The van der Waals surface area contributed by atoms with E-state index in [0.717, 1.165) is 12.8 Å². The van der Waals surface area contributed by atoms with E-state index in [4.69, 9.17) is 4.74 Å². The summed E-state index contributed by atoms with van der Waals surface area (Å²) in [5, 5.41) is 2.90. The molecule has 0 aliphatic carbocycles. The number of rotatable bonds is 6. The lowest BCUT2D eigenvalue weighted by Crippen LogP contribution is -2.32. The molecule has 0 unspecified atom stereocenters. The van der Waals surface area contributed by atoms with Gasteiger partial charge in [-0.15, -0.1) is 0 Å². The number of nitrogens with zero attached hydrogens (tertiary/aromatic N) is 4. The molecule has 1 heterocycles. The minimum atomic E-state index is 0.331. The predicted octanol–water partition coefficient (Wildman–Crippen LogP) is 1.55. The van der Waals surface area contributed by atoms with E-state index in [9.17, 15) is 0 Å². The van der Waals surface area contributed by atoms with Crippen LogP contribution in [-0.4, -0.2) is 42.2 Å². The molecule has 0 aliphatic heterocycles. The lowest BCUT2D eigenvalue weighted by atomic mass is 10.1. The van der Waals surface area contributed by atoms with Gasteiger partial charge in [0.1, 0.15) is 0 Å². The van der Waals surface area contributed by atoms with Crippen LogP contribution in [0.25, 0.3) is 0 Å². The van der Waals surface area contributed by atoms with Gasteiger partial charge in [0, 0.05) is 20.1 Å². The Morgan fingerprint density at radius 2 is 1.88 bits per heavy atom. The van der Waals surface area contributed by atoms with Crippen molar-refractivity contribution in [2.75, 3.05) is 31.4 Å². The number of anilines is 2. The van der Waals surface area contributed by atoms with Crippen molar-refractivity contribution < 1.29 is 4.74 Å². The average molecular weight is 239 g/mol. The fourth-order valence-electron chi connectivity index (χ4n) is 1.71. The van der Waals surface area contributed by atoms with E-state index in [0.29, 0.717) is 23.9 Å². The topological polar surface area (TPSA) is 63.2 Å². The molecule has 0 amide bonds. The van der Waals surface area contributed by atoms with Crippen LogP contribution in [0.15, 0.2) is 0 Å². The molecule has 0 spiro atoms. The van der Waals surface area contributed by atoms with E-state index in [1.54, 1.807) is 14.2 Å². The van der Waals surface area contributed by atoms with Crippen LogP contribution < -0.4 is 15.0 Å². The largest absolute Gasteiger partial charge is 0.467 e. The highest BCUT2D eigenvalue weighted by Crippen LogP contribution is 2.17. The molecule has 1 N–H and O–H groups in total. The molecule has 0 aliphatic rings. The summed E-state index contributed by atoms with van der Waals surface area (Å²) in [5.41, 5.74) is 0. The quantitative estimate of drug-likeness (QED) is 0.812. The fourth-order valence-corrected chi connectivity index (χ4v) is 1.71. The molecule has 1 aromatic heterocycles. The van der Waals surface area contributed by atoms with Crippen LogP contribution >= 0.6 is 0 Å². The van der Waals surface area contributed by atoms with Crippen molar-refractivity contribution in [2.45, 2.75) is 32.7 Å². The first kappa shape index (κ1) is 13.5. The second kappa shape index (κ2) is 6.22. The number of methoxy groups -OCH3 is 1. The Hall–Kier alpha value is -1.59. The van der Waals surface area contributed by atoms with Crippen LogP contribution in [0, 0.1) is 0 Å². The van der Waals surface area contributed by atoms with Crippen molar-refractivity contribution in [3.05, 3.63) is 0 Å². The van der Waals surface area contributed by atoms with Gasteiger partial charge in [0.15, 0.2) is 0 Å². The highest BCUT2D eigenvalue weighted by Gasteiger charge is 2.16. The summed E-state index contributed by atoms with van der Waals surface area (Å²) >= 11 is 0. The van der Waals surface area contributed by atoms with E-state index >= 15 is 0 Å². The second-order valence-electron chi connectivity index (χ2n) is 3.78. The van der Waals surface area contributed by atoms with Crippen molar-refractivity contribution in [3.8, 4) is 6.01 Å². The lowest BCUT2D eigenvalue weighted by Gasteiger charge is -2.26. The van der Waals surface area contributed by atoms with Crippen LogP contribution in [0.3, 0.4) is 0 Å². The lowest BCUT2D eigenvalue weighted by molar-refractivity contribution is 0.378. The third kappa shape index (κ3) is 3.18. The zero-order valence-electron chi connectivity index (χ0n) is 11.2. The van der Waals surface area contributed by atoms with Crippen molar-refractivity contribution >= 4 is 11.9 Å². The van der Waals surface area contributed by atoms with Gasteiger partial charge in [0.2, 0.25) is 11.9 Å². The molecule has 96 valence electrons. The summed E-state index contributed by atoms with van der Waals surface area (Å²) in [6.07, 6.45) is 2.10. The van der Waals surface area contributed by atoms with E-state index < -0.39 is 0 Å². The molecule has 6 nitrogen and oxygen atoms in total. The molecule has 0 fully saturated rings. The van der Waals surface area contributed by atoms with Crippen LogP contribution in [-0.2, 0) is 0 Å². The van der Waals surface area contributed by atoms with Gasteiger partial charge in [-0.3, -0.25) is 0 Å². The Labute approximate surface area is 102 Å². The van der Waals surface area contributed by atoms with E-state index in [-0.39, 0.29) is 0 Å². The van der Waals surface area contributed by atoms with Crippen LogP contribution in [0.2, 0.25) is 0 Å². The van der Waals surface area contributed by atoms with Crippen molar-refractivity contribution in [3.63, 3.8) is 0 Å². The van der Waals surface area contributed by atoms with Gasteiger partial charge in [-0.2, -0.15) is 15.0 Å². The maximum absolute atomic E-state index is 5.07. The minimum absolute atomic E-state index is 0.331. The smallest absolute Gasteiger partial charge is 0.322 e. The fraction of sp³-hybridized carbons (Fsp3) is 0.727. The standard InChI is InChI=1S/C11H21N5O/c1-6-8(7-2)16(4)10-13-9(12-3)14-11(15-10)17-5/h8H,6-7H2,1-5H3,(H,12,13,14,15). The highest BCUT2D eigenvalue weighted by molar-refractivity contribution is 5.38. The normalized spacial score (nSPS) is 10.5. The Morgan fingerprint density at radius 1 is 1.24 bits per heavy atom. The molecule has 0 atom stereocenters. The molecular weight excluding hydrogens is 218 g/mol. The summed E-state index contributed by atoms with van der Waals surface area (Å²) in [6, 6.07) is 0.754. The average Bonchev–Trinajstić information content (AvgIpc) is 2.39. The highest BCUT2D eigenvalue weighted by atomic mass is 16.5. The van der Waals surface area contributed by atoms with Crippen molar-refractivity contribution in [1.29, 1.82) is 0 Å². The molecule has 6 heteroatoms. The Morgan fingerprint density at radius 3 is 2.35 bits per heavy atom. The molecular formula is C11H21N5O. The number of aromatic nitrogens is 3. The monoisotopic (exact) mass is 239 g/mol. The predicted molar refractivity (Wildman–Crippen MR) is 68.7 cm³/mol. The summed E-state index contributed by atoms with van der Waals surface area (Å²) < 4.78 is 5.07. The minimum Gasteiger partial charge on any atom is -0.467 e. The number of hydrogen-bond donors (Lipinski definition) is 1. The van der Waals surface area contributed by atoms with Gasteiger partial charge < -0.3 is 15.0 Å². The van der Waals surface area contributed by atoms with Gasteiger partial charge in [-0.05, 0) is 12.8 Å². The van der Waals surface area contributed by atoms with Crippen molar-refractivity contribution in [2.24, 2.45) is 0 Å². The molecule has 0 saturated heterocycles. The molecule has 1 aromatic rings. The summed E-state index contributed by atoms with van der Waals surface area (Å²) in [4.78, 5) is 14.7. The van der Waals surface area contributed by atoms with E-state index in [2.05, 4.69) is 39.0 Å². The van der Waals surface area contributed by atoms with Crippen LogP contribution in [0.4, 0.5) is 11.9 Å². The molecule has 0 radical (unpaired) electrons. The summed E-state index contributed by atoms with van der Waals surface area (Å²) in [7, 11) is 5.32. The first-order valence-corrected chi connectivity index (χ1v) is 5.86. The van der Waals surface area contributed by atoms with Crippen LogP contribution in [0.5, 0.6) is 6.01 Å².